The van der Waals surface area contributed by atoms with Crippen molar-refractivity contribution in [2.45, 2.75) is 19.2 Å². The Morgan fingerprint density at radius 3 is 2.65 bits per heavy atom. The van der Waals surface area contributed by atoms with Crippen LogP contribution in [-0.4, -0.2) is 26.3 Å². The number of carbonyl (C=O) groups is 1. The summed E-state index contributed by atoms with van der Waals surface area (Å²) in [6, 6.07) is 0. The van der Waals surface area contributed by atoms with Crippen molar-refractivity contribution in [3.63, 3.8) is 0 Å². The number of carbonyl (C=O) groups excluding carboxylic acids is 1. The molecule has 0 saturated heterocycles. The molecule has 0 aromatic rings. The summed E-state index contributed by atoms with van der Waals surface area (Å²) in [6.07, 6.45) is 2.84. The molecule has 0 saturated carbocycles. The summed E-state index contributed by atoms with van der Waals surface area (Å²) in [5.41, 5.74) is 0. The van der Waals surface area contributed by atoms with E-state index in [9.17, 15) is 22.0 Å². The van der Waals surface area contributed by atoms with Gasteiger partial charge in [-0.1, -0.05) is 13.0 Å². The van der Waals surface area contributed by atoms with E-state index < -0.39 is 33.5 Å². The molecule has 2 unspecified atom stereocenters. The molecule has 96 valence electrons. The Morgan fingerprint density at radius 2 is 2.18 bits per heavy atom. The predicted octanol–water partition coefficient (Wildman–Crippen LogP) is 1.65. The van der Waals surface area contributed by atoms with Crippen molar-refractivity contribution in [2.75, 3.05) is 6.26 Å². The fraction of sp³-hybridized carbons (Fsp3) is 0.500. The van der Waals surface area contributed by atoms with Gasteiger partial charge in [0.25, 0.3) is 16.0 Å². The second kappa shape index (κ2) is 4.66. The zero-order chi connectivity index (χ0) is 13.3. The van der Waals surface area contributed by atoms with Crippen molar-refractivity contribution < 1.29 is 26.2 Å². The lowest BCUT2D eigenvalue weighted by molar-refractivity contribution is -0.133. The normalized spacial score (nSPS) is 28.9. The first kappa shape index (κ1) is 14.0. The molecule has 1 aliphatic carbocycles. The molecule has 17 heavy (non-hydrogen) atoms. The average Bonchev–Trinajstić information content (AvgIpc) is 2.12. The molecule has 7 heteroatoms. The molecule has 0 fully saturated rings. The van der Waals surface area contributed by atoms with Gasteiger partial charge in [-0.3, -0.25) is 4.79 Å². The van der Waals surface area contributed by atoms with Gasteiger partial charge in [-0.05, 0) is 6.08 Å². The van der Waals surface area contributed by atoms with Crippen LogP contribution in [0.25, 0.3) is 0 Å². The van der Waals surface area contributed by atoms with Gasteiger partial charge in [0.2, 0.25) is 0 Å². The lowest BCUT2D eigenvalue weighted by Crippen LogP contribution is -2.41. The summed E-state index contributed by atoms with van der Waals surface area (Å²) in [4.78, 5) is 11.5. The molecule has 0 spiro atoms. The minimum Gasteiger partial charge on any atom is -0.299 e. The fourth-order valence-corrected chi connectivity index (χ4v) is 2.12. The highest BCUT2D eigenvalue weighted by Crippen LogP contribution is 2.35. The fourth-order valence-electron chi connectivity index (χ4n) is 1.50. The van der Waals surface area contributed by atoms with E-state index in [1.807, 2.05) is 0 Å². The van der Waals surface area contributed by atoms with Gasteiger partial charge in [-0.15, -0.1) is 0 Å². The Hall–Kier alpha value is -1.08. The standard InChI is InChI=1S/C10H12F2O4S/c1-3-9(13)8-5-4-7(11)6-10(8,12)16-17(2,14)15/h4-6,8H,3H2,1-2H3. The molecule has 1 rings (SSSR count). The van der Waals surface area contributed by atoms with E-state index in [1.54, 1.807) is 0 Å². The van der Waals surface area contributed by atoms with Crippen LogP contribution < -0.4 is 0 Å². The zero-order valence-corrected chi connectivity index (χ0v) is 10.1. The number of halogens is 2. The Kier molecular flexibility index (Phi) is 3.83. The summed E-state index contributed by atoms with van der Waals surface area (Å²) < 4.78 is 53.2. The van der Waals surface area contributed by atoms with Crippen LogP contribution in [0, 0.1) is 5.92 Å². The number of rotatable bonds is 4. The van der Waals surface area contributed by atoms with Crippen LogP contribution in [-0.2, 0) is 19.1 Å². The number of ketones is 1. The molecule has 1 aliphatic rings. The van der Waals surface area contributed by atoms with Crippen molar-refractivity contribution in [1.29, 1.82) is 0 Å². The number of allylic oxidation sites excluding steroid dienone is 2. The van der Waals surface area contributed by atoms with Crippen LogP contribution in [0.4, 0.5) is 8.78 Å². The highest BCUT2D eigenvalue weighted by atomic mass is 32.2. The quantitative estimate of drug-likeness (QED) is 0.726. The molecule has 0 aromatic heterocycles. The highest BCUT2D eigenvalue weighted by Gasteiger charge is 2.45. The van der Waals surface area contributed by atoms with Crippen LogP contribution in [0.5, 0.6) is 0 Å². The predicted molar refractivity (Wildman–Crippen MR) is 56.9 cm³/mol. The van der Waals surface area contributed by atoms with Gasteiger partial charge in [-0.2, -0.15) is 8.42 Å². The van der Waals surface area contributed by atoms with Crippen LogP contribution in [0.15, 0.2) is 24.1 Å². The molecular weight excluding hydrogens is 254 g/mol. The number of hydrogen-bond acceptors (Lipinski definition) is 4. The van der Waals surface area contributed by atoms with E-state index >= 15 is 0 Å². The number of hydrogen-bond donors (Lipinski definition) is 0. The summed E-state index contributed by atoms with van der Waals surface area (Å²) >= 11 is 0. The SMILES string of the molecule is CCC(=O)C1C=CC(F)=CC1(F)OS(C)(=O)=O. The van der Waals surface area contributed by atoms with E-state index in [0.29, 0.717) is 12.3 Å². The summed E-state index contributed by atoms with van der Waals surface area (Å²) in [5, 5.41) is 0. The van der Waals surface area contributed by atoms with Crippen LogP contribution >= 0.6 is 0 Å². The lowest BCUT2D eigenvalue weighted by Gasteiger charge is -2.28. The van der Waals surface area contributed by atoms with Crippen molar-refractivity contribution in [3.8, 4) is 0 Å². The van der Waals surface area contributed by atoms with Crippen LogP contribution in [0.1, 0.15) is 13.3 Å². The molecular formula is C10H12F2O4S. The summed E-state index contributed by atoms with van der Waals surface area (Å²) in [5.74, 6) is -6.01. The highest BCUT2D eigenvalue weighted by molar-refractivity contribution is 7.86. The average molecular weight is 266 g/mol. The van der Waals surface area contributed by atoms with E-state index in [0.717, 1.165) is 12.2 Å². The van der Waals surface area contributed by atoms with Gasteiger partial charge in [0.05, 0.1) is 6.26 Å². The van der Waals surface area contributed by atoms with E-state index in [4.69, 9.17) is 0 Å². The van der Waals surface area contributed by atoms with E-state index in [-0.39, 0.29) is 6.42 Å². The third-order valence-electron chi connectivity index (χ3n) is 2.18. The van der Waals surface area contributed by atoms with Gasteiger partial charge < -0.3 is 0 Å². The summed E-state index contributed by atoms with van der Waals surface area (Å²) in [6.45, 7) is 1.49. The van der Waals surface area contributed by atoms with Gasteiger partial charge in [0, 0.05) is 12.5 Å². The molecule has 0 N–H and O–H groups in total. The number of alkyl halides is 1. The van der Waals surface area contributed by atoms with Gasteiger partial charge >= 0.3 is 0 Å². The maximum atomic E-state index is 14.2. The second-order valence-corrected chi connectivity index (χ2v) is 5.25. The third-order valence-corrected chi connectivity index (χ3v) is 2.74. The summed E-state index contributed by atoms with van der Waals surface area (Å²) in [7, 11) is -4.15. The largest absolute Gasteiger partial charge is 0.299 e. The van der Waals surface area contributed by atoms with Crippen molar-refractivity contribution in [3.05, 3.63) is 24.1 Å². The Bertz CT molecular complexity index is 481. The lowest BCUT2D eigenvalue weighted by atomic mass is 9.90. The Balaban J connectivity index is 3.14. The first-order valence-corrected chi connectivity index (χ1v) is 6.68. The van der Waals surface area contributed by atoms with Crippen molar-refractivity contribution in [2.24, 2.45) is 5.92 Å². The molecule has 0 aromatic carbocycles. The van der Waals surface area contributed by atoms with Gasteiger partial charge in [0.15, 0.2) is 0 Å². The van der Waals surface area contributed by atoms with E-state index in [2.05, 4.69) is 4.18 Å². The van der Waals surface area contributed by atoms with Crippen molar-refractivity contribution >= 4 is 15.9 Å². The number of Topliss-reactive ketones (excluding diaryl/α,β-unsaturated/α-hetero) is 1. The van der Waals surface area contributed by atoms with Gasteiger partial charge in [0.1, 0.15) is 17.5 Å². The minimum absolute atomic E-state index is 0.0107. The molecule has 0 bridgehead atoms. The molecule has 0 radical (unpaired) electrons. The smallest absolute Gasteiger partial charge is 0.267 e. The van der Waals surface area contributed by atoms with E-state index in [1.165, 1.54) is 6.92 Å². The molecule has 2 atom stereocenters. The maximum absolute atomic E-state index is 14.2. The maximum Gasteiger partial charge on any atom is 0.267 e. The van der Waals surface area contributed by atoms with Crippen molar-refractivity contribution in [1.82, 2.24) is 0 Å². The van der Waals surface area contributed by atoms with Crippen LogP contribution in [0.3, 0.4) is 0 Å². The Morgan fingerprint density at radius 1 is 1.59 bits per heavy atom. The first-order chi connectivity index (χ1) is 7.68. The molecule has 0 amide bonds. The topological polar surface area (TPSA) is 60.4 Å². The first-order valence-electron chi connectivity index (χ1n) is 4.87. The van der Waals surface area contributed by atoms with Crippen LogP contribution in [0.2, 0.25) is 0 Å². The molecule has 0 heterocycles. The Labute approximate surface area is 98.1 Å². The minimum atomic E-state index is -4.15. The van der Waals surface area contributed by atoms with Gasteiger partial charge in [-0.25, -0.2) is 13.0 Å². The molecule has 0 aliphatic heterocycles. The second-order valence-electron chi connectivity index (χ2n) is 3.67. The molecule has 4 nitrogen and oxygen atoms in total. The third kappa shape index (κ3) is 3.44. The zero-order valence-electron chi connectivity index (χ0n) is 9.31. The monoisotopic (exact) mass is 266 g/mol.